The minimum absolute atomic E-state index is 0.123. The maximum Gasteiger partial charge on any atom is 0.269 e. The van der Waals surface area contributed by atoms with Gasteiger partial charge < -0.3 is 9.64 Å². The number of ether oxygens (including phenoxy) is 1. The Balaban J connectivity index is 1.66. The quantitative estimate of drug-likeness (QED) is 0.638. The number of piperidine rings is 1. The van der Waals surface area contributed by atoms with Crippen LogP contribution in [0.1, 0.15) is 12.8 Å². The van der Waals surface area contributed by atoms with Crippen LogP contribution in [0, 0.1) is 10.1 Å². The molecular weight excluding hydrogens is 280 g/mol. The third-order valence-corrected chi connectivity index (χ3v) is 3.85. The van der Waals surface area contributed by atoms with Crippen molar-refractivity contribution in [3.8, 4) is 5.75 Å². The van der Waals surface area contributed by atoms with Gasteiger partial charge in [0, 0.05) is 24.4 Å². The van der Waals surface area contributed by atoms with Gasteiger partial charge in [-0.1, -0.05) is 18.2 Å². The van der Waals surface area contributed by atoms with Crippen LogP contribution in [0.2, 0.25) is 0 Å². The SMILES string of the molecule is O=[N+]([O-])c1ccc(N2CCCC(Oc3ccccc3)C2)cc1. The molecule has 5 heteroatoms. The van der Waals surface area contributed by atoms with Crippen LogP contribution in [0.5, 0.6) is 5.75 Å². The molecule has 0 spiro atoms. The lowest BCUT2D eigenvalue weighted by Crippen LogP contribution is -2.41. The number of benzene rings is 2. The lowest BCUT2D eigenvalue weighted by molar-refractivity contribution is -0.384. The molecule has 0 amide bonds. The molecule has 5 nitrogen and oxygen atoms in total. The molecule has 3 rings (SSSR count). The standard InChI is InChI=1S/C17H18N2O3/c20-19(21)15-10-8-14(9-11-15)18-12-4-7-17(13-18)22-16-5-2-1-3-6-16/h1-3,5-6,8-11,17H,4,7,12-13H2. The van der Waals surface area contributed by atoms with Crippen molar-refractivity contribution < 1.29 is 9.66 Å². The summed E-state index contributed by atoms with van der Waals surface area (Å²) in [6.07, 6.45) is 2.22. The van der Waals surface area contributed by atoms with E-state index in [1.807, 2.05) is 42.5 Å². The fourth-order valence-corrected chi connectivity index (χ4v) is 2.75. The van der Waals surface area contributed by atoms with Crippen LogP contribution in [0.3, 0.4) is 0 Å². The van der Waals surface area contributed by atoms with Gasteiger partial charge in [0.15, 0.2) is 0 Å². The molecule has 1 saturated heterocycles. The van der Waals surface area contributed by atoms with Crippen LogP contribution in [0.25, 0.3) is 0 Å². The lowest BCUT2D eigenvalue weighted by atomic mass is 10.1. The van der Waals surface area contributed by atoms with Gasteiger partial charge in [-0.15, -0.1) is 0 Å². The van der Waals surface area contributed by atoms with Gasteiger partial charge in [-0.2, -0.15) is 0 Å². The Bertz CT molecular complexity index is 628. The Morgan fingerprint density at radius 1 is 1.09 bits per heavy atom. The van der Waals surface area contributed by atoms with Crippen LogP contribution < -0.4 is 9.64 Å². The van der Waals surface area contributed by atoms with Gasteiger partial charge in [-0.3, -0.25) is 10.1 Å². The Morgan fingerprint density at radius 2 is 1.82 bits per heavy atom. The molecule has 0 N–H and O–H groups in total. The summed E-state index contributed by atoms with van der Waals surface area (Å²) in [6, 6.07) is 16.5. The van der Waals surface area contributed by atoms with E-state index in [-0.39, 0.29) is 16.7 Å². The molecule has 1 unspecified atom stereocenters. The molecule has 1 fully saturated rings. The number of rotatable bonds is 4. The third kappa shape index (κ3) is 3.36. The predicted molar refractivity (Wildman–Crippen MR) is 85.4 cm³/mol. The number of nitrogens with zero attached hydrogens (tertiary/aromatic N) is 2. The molecule has 22 heavy (non-hydrogen) atoms. The summed E-state index contributed by atoms with van der Waals surface area (Å²) in [5.41, 5.74) is 1.13. The zero-order chi connectivity index (χ0) is 15.4. The lowest BCUT2D eigenvalue weighted by Gasteiger charge is -2.34. The van der Waals surface area contributed by atoms with Crippen molar-refractivity contribution >= 4 is 11.4 Å². The summed E-state index contributed by atoms with van der Waals surface area (Å²) in [6.45, 7) is 1.75. The highest BCUT2D eigenvalue weighted by atomic mass is 16.6. The second-order valence-corrected chi connectivity index (χ2v) is 5.41. The zero-order valence-electron chi connectivity index (χ0n) is 12.2. The van der Waals surface area contributed by atoms with Crippen molar-refractivity contribution in [3.05, 3.63) is 64.7 Å². The fourth-order valence-electron chi connectivity index (χ4n) is 2.75. The van der Waals surface area contributed by atoms with Crippen molar-refractivity contribution in [2.45, 2.75) is 18.9 Å². The third-order valence-electron chi connectivity index (χ3n) is 3.85. The Kier molecular flexibility index (Phi) is 4.23. The molecule has 0 aliphatic carbocycles. The van der Waals surface area contributed by atoms with Gasteiger partial charge in [0.25, 0.3) is 5.69 Å². The first kappa shape index (κ1) is 14.4. The second kappa shape index (κ2) is 6.47. The number of non-ortho nitro benzene ring substituents is 1. The highest BCUT2D eigenvalue weighted by Crippen LogP contribution is 2.24. The smallest absolute Gasteiger partial charge is 0.269 e. The van der Waals surface area contributed by atoms with Gasteiger partial charge >= 0.3 is 0 Å². The average molecular weight is 298 g/mol. The summed E-state index contributed by atoms with van der Waals surface area (Å²) in [7, 11) is 0. The predicted octanol–water partition coefficient (Wildman–Crippen LogP) is 3.64. The Morgan fingerprint density at radius 3 is 2.50 bits per heavy atom. The van der Waals surface area contributed by atoms with Crippen molar-refractivity contribution in [2.24, 2.45) is 0 Å². The summed E-state index contributed by atoms with van der Waals surface area (Å²) >= 11 is 0. The summed E-state index contributed by atoms with van der Waals surface area (Å²) < 4.78 is 6.02. The van der Waals surface area contributed by atoms with E-state index in [2.05, 4.69) is 4.90 Å². The number of anilines is 1. The topological polar surface area (TPSA) is 55.6 Å². The van der Waals surface area contributed by atoms with E-state index in [9.17, 15) is 10.1 Å². The maximum absolute atomic E-state index is 10.7. The van der Waals surface area contributed by atoms with Crippen molar-refractivity contribution in [3.63, 3.8) is 0 Å². The average Bonchev–Trinajstić information content (AvgIpc) is 2.56. The van der Waals surface area contributed by atoms with E-state index < -0.39 is 0 Å². The number of para-hydroxylation sites is 1. The van der Waals surface area contributed by atoms with E-state index >= 15 is 0 Å². The molecule has 1 aliphatic heterocycles. The van der Waals surface area contributed by atoms with Crippen LogP contribution in [0.4, 0.5) is 11.4 Å². The van der Waals surface area contributed by atoms with E-state index in [4.69, 9.17) is 4.74 Å². The van der Waals surface area contributed by atoms with Crippen molar-refractivity contribution in [1.29, 1.82) is 0 Å². The molecule has 114 valence electrons. The van der Waals surface area contributed by atoms with Gasteiger partial charge in [0.1, 0.15) is 11.9 Å². The van der Waals surface area contributed by atoms with Gasteiger partial charge in [0.2, 0.25) is 0 Å². The van der Waals surface area contributed by atoms with Crippen molar-refractivity contribution in [1.82, 2.24) is 0 Å². The van der Waals surface area contributed by atoms with Gasteiger partial charge in [-0.25, -0.2) is 0 Å². The highest BCUT2D eigenvalue weighted by molar-refractivity contribution is 5.51. The van der Waals surface area contributed by atoms with E-state index in [1.54, 1.807) is 12.1 Å². The van der Waals surface area contributed by atoms with E-state index in [1.165, 1.54) is 0 Å². The Labute approximate surface area is 129 Å². The normalized spacial score (nSPS) is 18.0. The monoisotopic (exact) mass is 298 g/mol. The highest BCUT2D eigenvalue weighted by Gasteiger charge is 2.22. The van der Waals surface area contributed by atoms with Crippen LogP contribution >= 0.6 is 0 Å². The molecule has 0 radical (unpaired) electrons. The van der Waals surface area contributed by atoms with Crippen LogP contribution in [-0.4, -0.2) is 24.1 Å². The number of nitro benzene ring substituents is 1. The second-order valence-electron chi connectivity index (χ2n) is 5.41. The van der Waals surface area contributed by atoms with E-state index in [0.717, 1.165) is 37.4 Å². The van der Waals surface area contributed by atoms with Crippen molar-refractivity contribution in [2.75, 3.05) is 18.0 Å². The van der Waals surface area contributed by atoms with Gasteiger partial charge in [-0.05, 0) is 37.1 Å². The van der Waals surface area contributed by atoms with Crippen LogP contribution in [0.15, 0.2) is 54.6 Å². The molecule has 1 atom stereocenters. The molecule has 0 saturated carbocycles. The summed E-state index contributed by atoms with van der Waals surface area (Å²) in [5.74, 6) is 0.887. The first-order chi connectivity index (χ1) is 10.7. The fraction of sp³-hybridized carbons (Fsp3) is 0.294. The van der Waals surface area contributed by atoms with Gasteiger partial charge in [0.05, 0.1) is 11.5 Å². The molecule has 1 heterocycles. The molecule has 1 aliphatic rings. The summed E-state index contributed by atoms with van der Waals surface area (Å²) in [5, 5.41) is 10.7. The molecule has 0 aromatic heterocycles. The molecule has 2 aromatic rings. The summed E-state index contributed by atoms with van der Waals surface area (Å²) in [4.78, 5) is 12.6. The number of hydrogen-bond donors (Lipinski definition) is 0. The minimum Gasteiger partial charge on any atom is -0.489 e. The largest absolute Gasteiger partial charge is 0.489 e. The maximum atomic E-state index is 10.7. The first-order valence-electron chi connectivity index (χ1n) is 7.43. The first-order valence-corrected chi connectivity index (χ1v) is 7.43. The molecular formula is C17H18N2O3. The number of nitro groups is 1. The Hall–Kier alpha value is -2.56. The zero-order valence-corrected chi connectivity index (χ0v) is 12.2. The van der Waals surface area contributed by atoms with E-state index in [0.29, 0.717) is 0 Å². The van der Waals surface area contributed by atoms with Crippen LogP contribution in [-0.2, 0) is 0 Å². The molecule has 2 aromatic carbocycles. The number of hydrogen-bond acceptors (Lipinski definition) is 4. The minimum atomic E-state index is -0.374. The molecule has 0 bridgehead atoms.